The highest BCUT2D eigenvalue weighted by molar-refractivity contribution is 5.75. The Labute approximate surface area is 122 Å². The second-order valence-corrected chi connectivity index (χ2v) is 4.93. The van der Waals surface area contributed by atoms with Crippen LogP contribution in [0.2, 0.25) is 0 Å². The lowest BCUT2D eigenvalue weighted by Crippen LogP contribution is -1.97. The second-order valence-electron chi connectivity index (χ2n) is 4.93. The van der Waals surface area contributed by atoms with E-state index >= 15 is 0 Å². The van der Waals surface area contributed by atoms with Gasteiger partial charge in [-0.05, 0) is 51.3 Å². The normalized spacial score (nSPS) is 11.8. The Hall–Kier alpha value is -1.83. The van der Waals surface area contributed by atoms with Crippen molar-refractivity contribution in [1.29, 1.82) is 0 Å². The molecule has 1 aromatic carbocycles. The summed E-state index contributed by atoms with van der Waals surface area (Å²) < 4.78 is 5.68. The highest BCUT2D eigenvalue weighted by Crippen LogP contribution is 2.14. The predicted molar refractivity (Wildman–Crippen MR) is 84.1 cm³/mol. The number of carbonyl (C=O) groups is 1. The van der Waals surface area contributed by atoms with E-state index in [1.807, 2.05) is 37.3 Å². The van der Waals surface area contributed by atoms with Crippen LogP contribution in [-0.2, 0) is 11.2 Å². The molecule has 2 heteroatoms. The summed E-state index contributed by atoms with van der Waals surface area (Å²) in [7, 11) is 0. The van der Waals surface area contributed by atoms with Crippen LogP contribution >= 0.6 is 0 Å². The Bertz CT molecular complexity index is 467. The molecule has 0 atom stereocenters. The topological polar surface area (TPSA) is 26.3 Å². The van der Waals surface area contributed by atoms with Gasteiger partial charge < -0.3 is 9.53 Å². The zero-order chi connectivity index (χ0) is 14.8. The first-order valence-electron chi connectivity index (χ1n) is 7.12. The third kappa shape index (κ3) is 6.93. The van der Waals surface area contributed by atoms with Gasteiger partial charge in [0, 0.05) is 6.42 Å². The highest BCUT2D eigenvalue weighted by Gasteiger charge is 1.98. The van der Waals surface area contributed by atoms with Crippen molar-refractivity contribution in [3.63, 3.8) is 0 Å². The van der Waals surface area contributed by atoms with Crippen molar-refractivity contribution in [2.45, 2.75) is 40.0 Å². The van der Waals surface area contributed by atoms with Crippen LogP contribution in [-0.4, -0.2) is 12.4 Å². The average molecular weight is 272 g/mol. The molecule has 20 heavy (non-hydrogen) atoms. The summed E-state index contributed by atoms with van der Waals surface area (Å²) in [6.45, 7) is 6.41. The van der Waals surface area contributed by atoms with Gasteiger partial charge in [0.1, 0.15) is 11.5 Å². The lowest BCUT2D eigenvalue weighted by molar-refractivity contribution is -0.116. The van der Waals surface area contributed by atoms with Gasteiger partial charge in [0.25, 0.3) is 0 Å². The number of hydrogen-bond acceptors (Lipinski definition) is 2. The van der Waals surface area contributed by atoms with Crippen molar-refractivity contribution in [3.8, 4) is 5.75 Å². The molecule has 0 saturated heterocycles. The monoisotopic (exact) mass is 272 g/mol. The summed E-state index contributed by atoms with van der Waals surface area (Å²) in [5.74, 6) is 1.11. The van der Waals surface area contributed by atoms with Gasteiger partial charge in [-0.3, -0.25) is 0 Å². The van der Waals surface area contributed by atoms with Crippen molar-refractivity contribution in [1.82, 2.24) is 0 Å². The van der Waals surface area contributed by atoms with E-state index in [-0.39, 0.29) is 5.78 Å². The maximum atomic E-state index is 10.9. The quantitative estimate of drug-likeness (QED) is 0.514. The van der Waals surface area contributed by atoms with Crippen LogP contribution in [0.4, 0.5) is 0 Å². The molecule has 0 spiro atoms. The van der Waals surface area contributed by atoms with Gasteiger partial charge >= 0.3 is 0 Å². The van der Waals surface area contributed by atoms with E-state index in [0.717, 1.165) is 18.6 Å². The van der Waals surface area contributed by atoms with E-state index in [9.17, 15) is 4.79 Å². The van der Waals surface area contributed by atoms with Crippen LogP contribution in [0, 0.1) is 0 Å². The zero-order valence-corrected chi connectivity index (χ0v) is 12.7. The number of ketones is 1. The first-order valence-corrected chi connectivity index (χ1v) is 7.12. The Morgan fingerprint density at radius 2 is 1.90 bits per heavy atom. The maximum absolute atomic E-state index is 10.9. The number of hydrogen-bond donors (Lipinski definition) is 0. The molecule has 0 aliphatic rings. The minimum absolute atomic E-state index is 0.230. The molecule has 0 N–H and O–H groups in total. The molecule has 0 fully saturated rings. The minimum atomic E-state index is 0.230. The highest BCUT2D eigenvalue weighted by atomic mass is 16.5. The molecular weight excluding hydrogens is 248 g/mol. The van der Waals surface area contributed by atoms with E-state index < -0.39 is 0 Å². The van der Waals surface area contributed by atoms with Gasteiger partial charge in [0.05, 0.1) is 6.61 Å². The molecule has 0 bridgehead atoms. The number of carbonyl (C=O) groups excluding carboxylic acids is 1. The van der Waals surface area contributed by atoms with E-state index in [1.165, 1.54) is 11.1 Å². The lowest BCUT2D eigenvalue weighted by atomic mass is 10.1. The summed E-state index contributed by atoms with van der Waals surface area (Å²) in [6.07, 6.45) is 8.61. The molecule has 1 rings (SSSR count). The standard InChI is InChI=1S/C18H24O2/c1-4-6-15(2)7-5-14-20-18-12-10-17(11-13-18)9-8-16(3)19/h4,6-7,10-13H,5,8-9,14H2,1-3H3/b6-4+,15-7+. The van der Waals surface area contributed by atoms with Crippen molar-refractivity contribution in [2.75, 3.05) is 6.61 Å². The van der Waals surface area contributed by atoms with Crippen LogP contribution in [0.5, 0.6) is 5.75 Å². The molecule has 0 aliphatic heterocycles. The van der Waals surface area contributed by atoms with Gasteiger partial charge in [-0.25, -0.2) is 0 Å². The van der Waals surface area contributed by atoms with Gasteiger partial charge in [0.15, 0.2) is 0 Å². The summed E-state index contributed by atoms with van der Waals surface area (Å²) in [4.78, 5) is 10.9. The largest absolute Gasteiger partial charge is 0.493 e. The first kappa shape index (κ1) is 16.2. The number of allylic oxidation sites excluding steroid dienone is 3. The maximum Gasteiger partial charge on any atom is 0.130 e. The summed E-state index contributed by atoms with van der Waals surface area (Å²) >= 11 is 0. The van der Waals surface area contributed by atoms with Crippen LogP contribution in [0.1, 0.15) is 39.2 Å². The number of ether oxygens (including phenoxy) is 1. The fraction of sp³-hybridized carbons (Fsp3) is 0.389. The number of rotatable bonds is 8. The van der Waals surface area contributed by atoms with Gasteiger partial charge in [-0.1, -0.05) is 35.9 Å². The van der Waals surface area contributed by atoms with Gasteiger partial charge in [0.2, 0.25) is 0 Å². The van der Waals surface area contributed by atoms with Crippen LogP contribution in [0.25, 0.3) is 0 Å². The molecular formula is C18H24O2. The molecule has 1 aromatic rings. The van der Waals surface area contributed by atoms with E-state index in [4.69, 9.17) is 4.74 Å². The number of benzene rings is 1. The summed E-state index contributed by atoms with van der Waals surface area (Å²) in [5.41, 5.74) is 2.44. The fourth-order valence-corrected chi connectivity index (χ4v) is 1.87. The molecule has 2 nitrogen and oxygen atoms in total. The Kier molecular flexibility index (Phi) is 7.41. The van der Waals surface area contributed by atoms with E-state index in [1.54, 1.807) is 6.92 Å². The summed E-state index contributed by atoms with van der Waals surface area (Å²) in [5, 5.41) is 0. The van der Waals surface area contributed by atoms with Gasteiger partial charge in [-0.2, -0.15) is 0 Å². The Balaban J connectivity index is 2.34. The number of Topliss-reactive ketones (excluding diaryl/α,β-unsaturated/α-hetero) is 1. The molecule has 0 aromatic heterocycles. The molecule has 0 aliphatic carbocycles. The first-order chi connectivity index (χ1) is 9.61. The van der Waals surface area contributed by atoms with Crippen molar-refractivity contribution in [3.05, 3.63) is 53.6 Å². The van der Waals surface area contributed by atoms with Crippen molar-refractivity contribution in [2.24, 2.45) is 0 Å². The Morgan fingerprint density at radius 3 is 2.50 bits per heavy atom. The molecule has 108 valence electrons. The lowest BCUT2D eigenvalue weighted by Gasteiger charge is -2.06. The fourth-order valence-electron chi connectivity index (χ4n) is 1.87. The Morgan fingerprint density at radius 1 is 1.20 bits per heavy atom. The minimum Gasteiger partial charge on any atom is -0.493 e. The molecule has 0 unspecified atom stereocenters. The second kappa shape index (κ2) is 9.13. The third-order valence-electron chi connectivity index (χ3n) is 2.97. The molecule has 0 heterocycles. The number of aryl methyl sites for hydroxylation is 1. The van der Waals surface area contributed by atoms with E-state index in [0.29, 0.717) is 13.0 Å². The van der Waals surface area contributed by atoms with Crippen LogP contribution in [0.15, 0.2) is 48.1 Å². The van der Waals surface area contributed by atoms with E-state index in [2.05, 4.69) is 19.1 Å². The third-order valence-corrected chi connectivity index (χ3v) is 2.97. The van der Waals surface area contributed by atoms with Crippen molar-refractivity contribution >= 4 is 5.78 Å². The van der Waals surface area contributed by atoms with Crippen molar-refractivity contribution < 1.29 is 9.53 Å². The summed E-state index contributed by atoms with van der Waals surface area (Å²) in [6, 6.07) is 7.99. The van der Waals surface area contributed by atoms with Crippen LogP contribution in [0.3, 0.4) is 0 Å². The molecule has 0 saturated carbocycles. The molecule has 0 radical (unpaired) electrons. The van der Waals surface area contributed by atoms with Gasteiger partial charge in [-0.15, -0.1) is 0 Å². The molecule has 0 amide bonds. The SMILES string of the molecule is C/C=C/C(C)=C/CCOc1ccc(CCC(C)=O)cc1. The average Bonchev–Trinajstić information content (AvgIpc) is 2.43. The zero-order valence-electron chi connectivity index (χ0n) is 12.7. The van der Waals surface area contributed by atoms with Crippen LogP contribution < -0.4 is 4.74 Å². The smallest absolute Gasteiger partial charge is 0.130 e. The predicted octanol–water partition coefficient (Wildman–Crippen LogP) is 4.50.